The van der Waals surface area contributed by atoms with Crippen molar-refractivity contribution in [1.82, 2.24) is 9.55 Å². The molecule has 88 valence electrons. The molecule has 2 atom stereocenters. The fourth-order valence-corrected chi connectivity index (χ4v) is 1.80. The number of nitrogens with zero attached hydrogens (tertiary/aromatic N) is 1. The molecule has 0 aromatic carbocycles. The lowest BCUT2D eigenvalue weighted by molar-refractivity contribution is -0.109. The van der Waals surface area contributed by atoms with Gasteiger partial charge in [0, 0.05) is 18.7 Å². The summed E-state index contributed by atoms with van der Waals surface area (Å²) in [4.78, 5) is 24.5. The number of aromatic amines is 1. The van der Waals surface area contributed by atoms with Crippen molar-refractivity contribution in [1.29, 1.82) is 0 Å². The Kier molecular flexibility index (Phi) is 2.66. The van der Waals surface area contributed by atoms with Gasteiger partial charge in [-0.05, 0) is 6.42 Å². The summed E-state index contributed by atoms with van der Waals surface area (Å²) in [5, 5.41) is 8.93. The number of nitrogens with one attached hydrogen (secondary N) is 1. The second-order valence-corrected chi connectivity index (χ2v) is 3.79. The van der Waals surface area contributed by atoms with Crippen molar-refractivity contribution in [2.24, 2.45) is 5.73 Å². The first-order chi connectivity index (χ1) is 7.55. The van der Waals surface area contributed by atoms with E-state index in [9.17, 15) is 9.59 Å². The normalized spacial score (nSPS) is 29.5. The predicted octanol–water partition coefficient (Wildman–Crippen LogP) is -1.72. The molecule has 1 saturated heterocycles. The molecule has 2 rings (SSSR count). The lowest BCUT2D eigenvalue weighted by atomic mass is 10.2. The first kappa shape index (κ1) is 11.1. The smallest absolute Gasteiger partial charge is 0.331 e. The minimum absolute atomic E-state index is 0.142. The van der Waals surface area contributed by atoms with E-state index in [1.807, 2.05) is 0 Å². The van der Waals surface area contributed by atoms with Gasteiger partial charge >= 0.3 is 5.69 Å². The van der Waals surface area contributed by atoms with Crippen LogP contribution in [-0.2, 0) is 10.6 Å². The fraction of sp³-hybridized carbons (Fsp3) is 0.556. The zero-order valence-electron chi connectivity index (χ0n) is 8.55. The highest BCUT2D eigenvalue weighted by Gasteiger charge is 2.38. The number of aliphatic hydroxyl groups is 1. The van der Waals surface area contributed by atoms with Crippen LogP contribution in [0.2, 0.25) is 0 Å². The molecule has 2 heterocycles. The summed E-state index contributed by atoms with van der Waals surface area (Å²) in [5.41, 5.74) is 4.80. The maximum Gasteiger partial charge on any atom is 0.331 e. The quantitative estimate of drug-likeness (QED) is 0.556. The number of hydrogen-bond donors (Lipinski definition) is 3. The largest absolute Gasteiger partial charge is 0.394 e. The minimum Gasteiger partial charge on any atom is -0.394 e. The van der Waals surface area contributed by atoms with Gasteiger partial charge in [0.05, 0.1) is 12.7 Å². The number of aliphatic hydroxyl groups excluding tert-OH is 1. The summed E-state index contributed by atoms with van der Waals surface area (Å²) >= 11 is 0. The molecule has 0 bridgehead atoms. The van der Waals surface area contributed by atoms with Gasteiger partial charge in [0.25, 0.3) is 5.56 Å². The van der Waals surface area contributed by atoms with Gasteiger partial charge in [0.1, 0.15) is 0 Å². The van der Waals surface area contributed by atoms with Crippen molar-refractivity contribution in [2.45, 2.75) is 24.8 Å². The standard InChI is InChI=1S/C9H13N3O4/c10-9(3-1-6(5-13)16-9)12-4-2-7(14)11-8(12)15/h2,4,6,13H,1,3,5,10H2,(H,11,14,15)/t6-,9-/m0/s1. The Balaban J connectivity index is 2.37. The van der Waals surface area contributed by atoms with E-state index in [4.69, 9.17) is 15.6 Å². The van der Waals surface area contributed by atoms with E-state index in [0.29, 0.717) is 12.8 Å². The average molecular weight is 227 g/mol. The van der Waals surface area contributed by atoms with Crippen LogP contribution in [0, 0.1) is 0 Å². The van der Waals surface area contributed by atoms with Gasteiger partial charge in [-0.15, -0.1) is 0 Å². The Bertz CT molecular complexity index is 494. The van der Waals surface area contributed by atoms with Crippen molar-refractivity contribution in [2.75, 3.05) is 6.61 Å². The van der Waals surface area contributed by atoms with Crippen LogP contribution in [0.15, 0.2) is 21.9 Å². The van der Waals surface area contributed by atoms with Crippen LogP contribution in [0.1, 0.15) is 12.8 Å². The molecule has 16 heavy (non-hydrogen) atoms. The predicted molar refractivity (Wildman–Crippen MR) is 54.7 cm³/mol. The van der Waals surface area contributed by atoms with Crippen LogP contribution in [0.25, 0.3) is 0 Å². The van der Waals surface area contributed by atoms with E-state index >= 15 is 0 Å². The number of H-pyrrole nitrogens is 1. The van der Waals surface area contributed by atoms with E-state index in [-0.39, 0.29) is 12.7 Å². The molecular weight excluding hydrogens is 214 g/mol. The summed E-state index contributed by atoms with van der Waals surface area (Å²) in [6.07, 6.45) is 1.90. The van der Waals surface area contributed by atoms with Crippen LogP contribution in [-0.4, -0.2) is 27.4 Å². The molecule has 0 unspecified atom stereocenters. The van der Waals surface area contributed by atoms with E-state index < -0.39 is 17.1 Å². The second kappa shape index (κ2) is 3.85. The molecule has 0 amide bonds. The van der Waals surface area contributed by atoms with Gasteiger partial charge < -0.3 is 9.84 Å². The highest BCUT2D eigenvalue weighted by molar-refractivity contribution is 4.90. The van der Waals surface area contributed by atoms with Crippen molar-refractivity contribution >= 4 is 0 Å². The Morgan fingerprint density at radius 1 is 1.69 bits per heavy atom. The van der Waals surface area contributed by atoms with Gasteiger partial charge in [-0.2, -0.15) is 0 Å². The third kappa shape index (κ3) is 1.80. The van der Waals surface area contributed by atoms with Gasteiger partial charge in [-0.1, -0.05) is 0 Å². The molecule has 0 saturated carbocycles. The van der Waals surface area contributed by atoms with Crippen LogP contribution in [0.4, 0.5) is 0 Å². The van der Waals surface area contributed by atoms with Crippen molar-refractivity contribution < 1.29 is 9.84 Å². The van der Waals surface area contributed by atoms with Crippen LogP contribution in [0.5, 0.6) is 0 Å². The van der Waals surface area contributed by atoms with E-state index in [0.717, 1.165) is 4.57 Å². The van der Waals surface area contributed by atoms with E-state index in [1.165, 1.54) is 12.3 Å². The summed E-state index contributed by atoms with van der Waals surface area (Å²) in [6.45, 7) is -0.142. The Morgan fingerprint density at radius 2 is 2.44 bits per heavy atom. The van der Waals surface area contributed by atoms with E-state index in [2.05, 4.69) is 4.98 Å². The van der Waals surface area contributed by atoms with Gasteiger partial charge in [0.15, 0.2) is 0 Å². The Hall–Kier alpha value is -1.44. The molecule has 1 aromatic rings. The summed E-state index contributed by atoms with van der Waals surface area (Å²) in [6, 6.07) is 1.20. The maximum absolute atomic E-state index is 11.5. The van der Waals surface area contributed by atoms with Gasteiger partial charge in [-0.25, -0.2) is 4.79 Å². The molecule has 7 nitrogen and oxygen atoms in total. The number of hydrogen-bond acceptors (Lipinski definition) is 5. The monoisotopic (exact) mass is 227 g/mol. The third-order valence-electron chi connectivity index (χ3n) is 2.63. The Labute approximate surface area is 90.5 Å². The summed E-state index contributed by atoms with van der Waals surface area (Å²) in [5.74, 6) is -1.28. The SMILES string of the molecule is N[C@]1(n2ccc(=O)[nH]c2=O)CC[C@@H](CO)O1. The molecule has 1 aliphatic rings. The molecule has 1 aromatic heterocycles. The molecule has 0 aliphatic carbocycles. The molecule has 1 fully saturated rings. The van der Waals surface area contributed by atoms with Crippen LogP contribution < -0.4 is 17.0 Å². The molecule has 0 radical (unpaired) electrons. The van der Waals surface area contributed by atoms with Gasteiger partial charge in [-0.3, -0.25) is 20.1 Å². The highest BCUT2D eigenvalue weighted by atomic mass is 16.6. The molecular formula is C9H13N3O4. The topological polar surface area (TPSA) is 110 Å². The molecule has 1 aliphatic heterocycles. The number of rotatable bonds is 2. The number of ether oxygens (including phenoxy) is 1. The maximum atomic E-state index is 11.5. The van der Waals surface area contributed by atoms with Gasteiger partial charge in [0.2, 0.25) is 5.85 Å². The molecule has 7 heteroatoms. The summed E-state index contributed by atoms with van der Waals surface area (Å²) in [7, 11) is 0. The first-order valence-corrected chi connectivity index (χ1v) is 4.95. The minimum atomic E-state index is -1.28. The Morgan fingerprint density at radius 3 is 3.00 bits per heavy atom. The van der Waals surface area contributed by atoms with E-state index in [1.54, 1.807) is 0 Å². The second-order valence-electron chi connectivity index (χ2n) is 3.79. The zero-order chi connectivity index (χ0) is 11.8. The van der Waals surface area contributed by atoms with Crippen molar-refractivity contribution in [3.63, 3.8) is 0 Å². The lowest BCUT2D eigenvalue weighted by Crippen LogP contribution is -2.50. The molecule has 0 spiro atoms. The highest BCUT2D eigenvalue weighted by Crippen LogP contribution is 2.28. The van der Waals surface area contributed by atoms with Crippen LogP contribution >= 0.6 is 0 Å². The first-order valence-electron chi connectivity index (χ1n) is 4.95. The molecule has 4 N–H and O–H groups in total. The number of nitrogens with two attached hydrogens (primary N) is 1. The van der Waals surface area contributed by atoms with Crippen LogP contribution in [0.3, 0.4) is 0 Å². The van der Waals surface area contributed by atoms with Crippen molar-refractivity contribution in [3.05, 3.63) is 33.1 Å². The lowest BCUT2D eigenvalue weighted by Gasteiger charge is -2.26. The zero-order valence-corrected chi connectivity index (χ0v) is 8.55. The summed E-state index contributed by atoms with van der Waals surface area (Å²) < 4.78 is 6.50. The third-order valence-corrected chi connectivity index (χ3v) is 2.63. The average Bonchev–Trinajstić information content (AvgIpc) is 2.61. The number of aromatic nitrogens is 2. The van der Waals surface area contributed by atoms with Crippen molar-refractivity contribution in [3.8, 4) is 0 Å². The fourth-order valence-electron chi connectivity index (χ4n) is 1.80.